The predicted octanol–water partition coefficient (Wildman–Crippen LogP) is 1.60. The Hall–Kier alpha value is -1.59. The van der Waals surface area contributed by atoms with Gasteiger partial charge < -0.3 is 14.7 Å². The normalized spacial score (nSPS) is 25.0. The van der Waals surface area contributed by atoms with Crippen LogP contribution < -0.4 is 4.74 Å². The lowest BCUT2D eigenvalue weighted by molar-refractivity contribution is -0.132. The predicted molar refractivity (Wildman–Crippen MR) is 93.2 cm³/mol. The number of aryl methyl sites for hydroxylation is 1. The minimum absolute atomic E-state index is 0.174. The standard InChI is InChI=1S/C19H28N2O3/c1-14-6-7-15(12-18(14)24-2)13-19(23)21-10-8-20(9-11-21)16-4-3-5-17(16)22/h6-7,12,16-17,22H,3-5,8-11,13H2,1-2H3/t16-,17-/m0/s1. The van der Waals surface area contributed by atoms with E-state index in [0.717, 1.165) is 62.3 Å². The minimum Gasteiger partial charge on any atom is -0.496 e. The molecule has 0 bridgehead atoms. The van der Waals surface area contributed by atoms with Crippen molar-refractivity contribution in [1.29, 1.82) is 0 Å². The highest BCUT2D eigenvalue weighted by Crippen LogP contribution is 2.25. The molecular weight excluding hydrogens is 304 g/mol. The quantitative estimate of drug-likeness (QED) is 0.910. The largest absolute Gasteiger partial charge is 0.496 e. The molecule has 1 saturated heterocycles. The number of carbonyl (C=O) groups excluding carboxylic acids is 1. The van der Waals surface area contributed by atoms with Gasteiger partial charge in [0, 0.05) is 32.2 Å². The van der Waals surface area contributed by atoms with Gasteiger partial charge in [-0.25, -0.2) is 0 Å². The fraction of sp³-hybridized carbons (Fsp3) is 0.632. The molecule has 2 fully saturated rings. The minimum atomic E-state index is -0.188. The molecule has 1 aliphatic carbocycles. The van der Waals surface area contributed by atoms with Crippen molar-refractivity contribution in [3.63, 3.8) is 0 Å². The molecule has 0 aromatic heterocycles. The summed E-state index contributed by atoms with van der Waals surface area (Å²) in [6.07, 6.45) is 3.34. The smallest absolute Gasteiger partial charge is 0.227 e. The van der Waals surface area contributed by atoms with E-state index in [1.807, 2.05) is 30.0 Å². The van der Waals surface area contributed by atoms with E-state index < -0.39 is 0 Å². The lowest BCUT2D eigenvalue weighted by atomic mass is 10.1. The van der Waals surface area contributed by atoms with Crippen molar-refractivity contribution in [3.05, 3.63) is 29.3 Å². The maximum absolute atomic E-state index is 12.6. The zero-order valence-electron chi connectivity index (χ0n) is 14.7. The van der Waals surface area contributed by atoms with E-state index in [9.17, 15) is 9.90 Å². The third-order valence-electron chi connectivity index (χ3n) is 5.41. The molecule has 1 aromatic rings. The fourth-order valence-corrected chi connectivity index (χ4v) is 3.91. The number of nitrogens with zero attached hydrogens (tertiary/aromatic N) is 2. The first-order valence-electron chi connectivity index (χ1n) is 8.92. The van der Waals surface area contributed by atoms with Crippen LogP contribution in [0.1, 0.15) is 30.4 Å². The number of amides is 1. The van der Waals surface area contributed by atoms with Gasteiger partial charge in [-0.2, -0.15) is 0 Å². The third kappa shape index (κ3) is 3.73. The molecule has 0 unspecified atom stereocenters. The molecule has 24 heavy (non-hydrogen) atoms. The Morgan fingerprint density at radius 2 is 2.00 bits per heavy atom. The Balaban J connectivity index is 1.53. The van der Waals surface area contributed by atoms with Gasteiger partial charge in [-0.1, -0.05) is 12.1 Å². The average molecular weight is 332 g/mol. The van der Waals surface area contributed by atoms with E-state index in [2.05, 4.69) is 4.90 Å². The second-order valence-electron chi connectivity index (χ2n) is 6.96. The Labute approximate surface area is 144 Å². The molecule has 0 radical (unpaired) electrons. The summed E-state index contributed by atoms with van der Waals surface area (Å²) in [4.78, 5) is 16.9. The van der Waals surface area contributed by atoms with Crippen LogP contribution in [0.5, 0.6) is 5.75 Å². The van der Waals surface area contributed by atoms with Crippen LogP contribution in [0.25, 0.3) is 0 Å². The van der Waals surface area contributed by atoms with Crippen LogP contribution in [0.4, 0.5) is 0 Å². The van der Waals surface area contributed by atoms with Crippen LogP contribution >= 0.6 is 0 Å². The molecule has 5 heteroatoms. The second-order valence-corrected chi connectivity index (χ2v) is 6.96. The molecule has 1 aliphatic heterocycles. The Bertz CT molecular complexity index is 582. The Morgan fingerprint density at radius 3 is 2.62 bits per heavy atom. The van der Waals surface area contributed by atoms with Gasteiger partial charge in [0.05, 0.1) is 19.6 Å². The van der Waals surface area contributed by atoms with Crippen LogP contribution in [0.15, 0.2) is 18.2 Å². The van der Waals surface area contributed by atoms with E-state index in [-0.39, 0.29) is 12.0 Å². The van der Waals surface area contributed by atoms with Crippen molar-refractivity contribution in [1.82, 2.24) is 9.80 Å². The number of aliphatic hydroxyl groups excluding tert-OH is 1. The second kappa shape index (κ2) is 7.53. The van der Waals surface area contributed by atoms with Gasteiger partial charge in [-0.3, -0.25) is 9.69 Å². The van der Waals surface area contributed by atoms with Gasteiger partial charge in [0.25, 0.3) is 0 Å². The molecule has 0 spiro atoms. The molecule has 132 valence electrons. The number of piperazine rings is 1. The summed E-state index contributed by atoms with van der Waals surface area (Å²) in [7, 11) is 1.66. The molecule has 1 aromatic carbocycles. The topological polar surface area (TPSA) is 53.0 Å². The number of carbonyl (C=O) groups is 1. The van der Waals surface area contributed by atoms with Gasteiger partial charge in [0.1, 0.15) is 5.75 Å². The van der Waals surface area contributed by atoms with Gasteiger partial charge >= 0.3 is 0 Å². The molecule has 1 N–H and O–H groups in total. The van der Waals surface area contributed by atoms with Crippen LogP contribution in [0.3, 0.4) is 0 Å². The molecule has 1 saturated carbocycles. The fourth-order valence-electron chi connectivity index (χ4n) is 3.91. The van der Waals surface area contributed by atoms with E-state index >= 15 is 0 Å². The van der Waals surface area contributed by atoms with E-state index in [1.54, 1.807) is 7.11 Å². The number of methoxy groups -OCH3 is 1. The summed E-state index contributed by atoms with van der Waals surface area (Å²) in [6, 6.07) is 6.25. The van der Waals surface area contributed by atoms with Crippen molar-refractivity contribution in [2.75, 3.05) is 33.3 Å². The molecule has 1 heterocycles. The summed E-state index contributed by atoms with van der Waals surface area (Å²) >= 11 is 0. The molecule has 2 atom stereocenters. The zero-order valence-corrected chi connectivity index (χ0v) is 14.7. The molecule has 1 amide bonds. The Kier molecular flexibility index (Phi) is 5.41. The monoisotopic (exact) mass is 332 g/mol. The number of hydrogen-bond acceptors (Lipinski definition) is 4. The highest BCUT2D eigenvalue weighted by atomic mass is 16.5. The van der Waals surface area contributed by atoms with Crippen molar-refractivity contribution in [2.24, 2.45) is 0 Å². The van der Waals surface area contributed by atoms with Crippen molar-refractivity contribution in [3.8, 4) is 5.75 Å². The number of rotatable bonds is 4. The third-order valence-corrected chi connectivity index (χ3v) is 5.41. The lowest BCUT2D eigenvalue weighted by Crippen LogP contribution is -2.53. The average Bonchev–Trinajstić information content (AvgIpc) is 3.02. The number of benzene rings is 1. The van der Waals surface area contributed by atoms with Crippen molar-refractivity contribution >= 4 is 5.91 Å². The van der Waals surface area contributed by atoms with Crippen LogP contribution in [0, 0.1) is 6.92 Å². The summed E-state index contributed by atoms with van der Waals surface area (Å²) in [5.74, 6) is 1.01. The first-order valence-corrected chi connectivity index (χ1v) is 8.92. The number of aliphatic hydroxyl groups is 1. The maximum atomic E-state index is 12.6. The van der Waals surface area contributed by atoms with Crippen molar-refractivity contribution in [2.45, 2.75) is 44.8 Å². The van der Waals surface area contributed by atoms with Crippen LogP contribution in [-0.4, -0.2) is 66.2 Å². The number of hydrogen-bond donors (Lipinski definition) is 1. The lowest BCUT2D eigenvalue weighted by Gasteiger charge is -2.39. The van der Waals surface area contributed by atoms with E-state index in [4.69, 9.17) is 4.74 Å². The van der Waals surface area contributed by atoms with Gasteiger partial charge in [0.15, 0.2) is 0 Å². The number of ether oxygens (including phenoxy) is 1. The van der Waals surface area contributed by atoms with Crippen LogP contribution in [-0.2, 0) is 11.2 Å². The molecule has 2 aliphatic rings. The molecule has 5 nitrogen and oxygen atoms in total. The highest BCUT2D eigenvalue weighted by molar-refractivity contribution is 5.79. The van der Waals surface area contributed by atoms with Crippen LogP contribution in [0.2, 0.25) is 0 Å². The molecule has 3 rings (SSSR count). The maximum Gasteiger partial charge on any atom is 0.227 e. The van der Waals surface area contributed by atoms with Gasteiger partial charge in [0.2, 0.25) is 5.91 Å². The summed E-state index contributed by atoms with van der Waals surface area (Å²) < 4.78 is 5.34. The highest BCUT2D eigenvalue weighted by Gasteiger charge is 2.33. The van der Waals surface area contributed by atoms with E-state index in [1.165, 1.54) is 0 Å². The molecular formula is C19H28N2O3. The SMILES string of the molecule is COc1cc(CC(=O)N2CCN([C@H]3CCC[C@@H]3O)CC2)ccc1C. The van der Waals surface area contributed by atoms with Crippen molar-refractivity contribution < 1.29 is 14.6 Å². The first kappa shape index (κ1) is 17.2. The summed E-state index contributed by atoms with van der Waals surface area (Å²) in [5, 5.41) is 10.0. The zero-order chi connectivity index (χ0) is 17.1. The summed E-state index contributed by atoms with van der Waals surface area (Å²) in [5.41, 5.74) is 2.08. The van der Waals surface area contributed by atoms with Gasteiger partial charge in [-0.05, 0) is 43.4 Å². The van der Waals surface area contributed by atoms with E-state index in [0.29, 0.717) is 12.5 Å². The first-order chi connectivity index (χ1) is 11.6. The summed E-state index contributed by atoms with van der Waals surface area (Å²) in [6.45, 7) is 5.24. The van der Waals surface area contributed by atoms with Gasteiger partial charge in [-0.15, -0.1) is 0 Å². The Morgan fingerprint density at radius 1 is 1.25 bits per heavy atom.